The van der Waals surface area contributed by atoms with E-state index in [1.54, 1.807) is 13.8 Å². The topological polar surface area (TPSA) is 114 Å². The van der Waals surface area contributed by atoms with E-state index in [0.717, 1.165) is 27.2 Å². The van der Waals surface area contributed by atoms with E-state index in [2.05, 4.69) is 22.5 Å². The quantitative estimate of drug-likeness (QED) is 0.535. The van der Waals surface area contributed by atoms with Crippen LogP contribution in [0.5, 0.6) is 0 Å². The molecule has 2 aromatic carbocycles. The first-order valence-electron chi connectivity index (χ1n) is 11.3. The minimum absolute atomic E-state index is 0.0563. The monoisotopic (exact) mass is 476 g/mol. The number of carboxylic acid groups (broad SMARTS) is 1. The number of nitrogens with zero attached hydrogens (tertiary/aromatic N) is 3. The Hall–Kier alpha value is -4.14. The number of rotatable bonds is 7. The molecule has 0 unspecified atom stereocenters. The second kappa shape index (κ2) is 9.25. The number of anilines is 1. The Morgan fingerprint density at radius 1 is 1.11 bits per heavy atom. The molecule has 9 heteroatoms. The maximum absolute atomic E-state index is 12.9. The summed E-state index contributed by atoms with van der Waals surface area (Å²) in [5, 5.41) is 16.0. The van der Waals surface area contributed by atoms with Gasteiger partial charge in [0.1, 0.15) is 18.2 Å². The van der Waals surface area contributed by atoms with Crippen LogP contribution in [0.3, 0.4) is 0 Å². The fraction of sp³-hybridized carbons (Fsp3) is 0.308. The van der Waals surface area contributed by atoms with E-state index in [4.69, 9.17) is 4.74 Å². The molecule has 1 heterocycles. The fourth-order valence-electron chi connectivity index (χ4n) is 4.32. The van der Waals surface area contributed by atoms with Crippen LogP contribution in [0.4, 0.5) is 10.5 Å². The van der Waals surface area contributed by atoms with Crippen molar-refractivity contribution in [3.8, 4) is 11.1 Å². The molecule has 9 nitrogen and oxygen atoms in total. The summed E-state index contributed by atoms with van der Waals surface area (Å²) in [5.41, 5.74) is 3.72. The summed E-state index contributed by atoms with van der Waals surface area (Å²) < 4.78 is 6.94. The highest BCUT2D eigenvalue weighted by molar-refractivity contribution is 5.88. The molecule has 1 aromatic heterocycles. The van der Waals surface area contributed by atoms with Crippen molar-refractivity contribution in [1.82, 2.24) is 14.7 Å². The molecule has 2 amide bonds. The summed E-state index contributed by atoms with van der Waals surface area (Å²) >= 11 is 0. The van der Waals surface area contributed by atoms with Crippen LogP contribution in [-0.2, 0) is 19.9 Å². The van der Waals surface area contributed by atoms with Crippen molar-refractivity contribution in [2.45, 2.75) is 38.3 Å². The van der Waals surface area contributed by atoms with Crippen molar-refractivity contribution in [1.29, 1.82) is 0 Å². The van der Waals surface area contributed by atoms with Gasteiger partial charge >= 0.3 is 12.1 Å². The summed E-state index contributed by atoms with van der Waals surface area (Å²) in [7, 11) is 1.43. The Bertz CT molecular complexity index is 1240. The average Bonchev–Trinajstić information content (AvgIpc) is 3.44. The number of aromatic nitrogens is 2. The molecule has 1 aliphatic rings. The third-order valence-electron chi connectivity index (χ3n) is 6.53. The predicted molar refractivity (Wildman–Crippen MR) is 130 cm³/mol. The summed E-state index contributed by atoms with van der Waals surface area (Å²) in [6.45, 7) is 4.87. The average molecular weight is 477 g/mol. The number of carbonyl (C=O) groups is 3. The third kappa shape index (κ3) is 4.49. The number of likely N-dealkylation sites (N-methyl/N-ethyl adjacent to an activating group) is 1. The molecule has 182 valence electrons. The highest BCUT2D eigenvalue weighted by atomic mass is 16.5. The smallest absolute Gasteiger partial charge is 0.411 e. The maximum atomic E-state index is 12.9. The van der Waals surface area contributed by atoms with Crippen LogP contribution in [0.1, 0.15) is 37.8 Å². The lowest BCUT2D eigenvalue weighted by molar-refractivity contribution is -0.151. The first-order chi connectivity index (χ1) is 16.6. The van der Waals surface area contributed by atoms with Gasteiger partial charge in [-0.25, -0.2) is 9.59 Å². The second-order valence-corrected chi connectivity index (χ2v) is 9.11. The Kier molecular flexibility index (Phi) is 6.34. The van der Waals surface area contributed by atoms with Crippen LogP contribution in [0.25, 0.3) is 11.1 Å². The molecule has 1 atom stereocenters. The van der Waals surface area contributed by atoms with Gasteiger partial charge in [-0.15, -0.1) is 0 Å². The molecular formula is C26H28N4O5. The molecule has 3 aromatic rings. The number of hydrogen-bond donors (Lipinski definition) is 2. The van der Waals surface area contributed by atoms with Crippen LogP contribution >= 0.6 is 0 Å². The SMILES string of the molecule is C[C@@H](C(=O)O)N(C)C(=O)C(C)(C)n1cc(NC(=O)OCC2c3ccccc3-c3ccccc32)cn1. The lowest BCUT2D eigenvalue weighted by Gasteiger charge is -2.31. The lowest BCUT2D eigenvalue weighted by Crippen LogP contribution is -2.50. The van der Waals surface area contributed by atoms with E-state index in [1.165, 1.54) is 31.0 Å². The van der Waals surface area contributed by atoms with Crippen molar-refractivity contribution in [3.05, 3.63) is 72.1 Å². The van der Waals surface area contributed by atoms with Crippen LogP contribution in [-0.4, -0.2) is 57.5 Å². The summed E-state index contributed by atoms with van der Waals surface area (Å²) in [5.74, 6) is -1.59. The van der Waals surface area contributed by atoms with Gasteiger partial charge in [0.05, 0.1) is 11.9 Å². The number of hydrogen-bond acceptors (Lipinski definition) is 5. The predicted octanol–water partition coefficient (Wildman–Crippen LogP) is 3.91. The zero-order valence-corrected chi connectivity index (χ0v) is 20.1. The van der Waals surface area contributed by atoms with Gasteiger partial charge in [-0.3, -0.25) is 14.8 Å². The van der Waals surface area contributed by atoms with Gasteiger partial charge < -0.3 is 14.7 Å². The minimum Gasteiger partial charge on any atom is -0.480 e. The van der Waals surface area contributed by atoms with Gasteiger partial charge in [-0.05, 0) is 43.0 Å². The molecule has 0 saturated carbocycles. The molecule has 0 radical (unpaired) electrons. The Morgan fingerprint density at radius 3 is 2.26 bits per heavy atom. The number of aliphatic carboxylic acids is 1. The molecule has 1 aliphatic carbocycles. The number of fused-ring (bicyclic) bond motifs is 3. The van der Waals surface area contributed by atoms with Crippen molar-refractivity contribution in [3.63, 3.8) is 0 Å². The number of benzene rings is 2. The highest BCUT2D eigenvalue weighted by Crippen LogP contribution is 2.44. The second-order valence-electron chi connectivity index (χ2n) is 9.11. The van der Waals surface area contributed by atoms with E-state index < -0.39 is 29.6 Å². The van der Waals surface area contributed by atoms with E-state index >= 15 is 0 Å². The van der Waals surface area contributed by atoms with Gasteiger partial charge in [-0.2, -0.15) is 5.10 Å². The molecule has 0 saturated heterocycles. The summed E-state index contributed by atoms with van der Waals surface area (Å²) in [4.78, 5) is 37.8. The lowest BCUT2D eigenvalue weighted by atomic mass is 9.98. The maximum Gasteiger partial charge on any atom is 0.411 e. The van der Waals surface area contributed by atoms with Crippen molar-refractivity contribution in [2.75, 3.05) is 19.0 Å². The number of carboxylic acids is 1. The van der Waals surface area contributed by atoms with Crippen molar-refractivity contribution >= 4 is 23.7 Å². The highest BCUT2D eigenvalue weighted by Gasteiger charge is 2.37. The summed E-state index contributed by atoms with van der Waals surface area (Å²) in [6.07, 6.45) is 2.29. The van der Waals surface area contributed by atoms with Crippen LogP contribution in [0.2, 0.25) is 0 Å². The molecule has 2 N–H and O–H groups in total. The Balaban J connectivity index is 1.41. The molecule has 35 heavy (non-hydrogen) atoms. The van der Waals surface area contributed by atoms with E-state index in [-0.39, 0.29) is 12.5 Å². The number of carbonyl (C=O) groups excluding carboxylic acids is 2. The molecule has 0 fully saturated rings. The fourth-order valence-corrected chi connectivity index (χ4v) is 4.32. The van der Waals surface area contributed by atoms with Gasteiger partial charge in [-0.1, -0.05) is 48.5 Å². The van der Waals surface area contributed by atoms with Gasteiger partial charge in [0, 0.05) is 19.2 Å². The minimum atomic E-state index is -1.17. The summed E-state index contributed by atoms with van der Waals surface area (Å²) in [6, 6.07) is 15.2. The Morgan fingerprint density at radius 2 is 1.69 bits per heavy atom. The van der Waals surface area contributed by atoms with E-state index in [1.807, 2.05) is 36.4 Å². The zero-order valence-electron chi connectivity index (χ0n) is 20.1. The van der Waals surface area contributed by atoms with E-state index in [9.17, 15) is 19.5 Å². The van der Waals surface area contributed by atoms with Crippen LogP contribution in [0.15, 0.2) is 60.9 Å². The Labute approximate surface area is 203 Å². The molecule has 0 bridgehead atoms. The number of nitrogens with one attached hydrogen (secondary N) is 1. The zero-order chi connectivity index (χ0) is 25.3. The normalized spacial score (nSPS) is 13.5. The first-order valence-corrected chi connectivity index (χ1v) is 11.3. The molecule has 0 spiro atoms. The molecular weight excluding hydrogens is 448 g/mol. The molecule has 4 rings (SSSR count). The molecule has 0 aliphatic heterocycles. The number of ether oxygens (including phenoxy) is 1. The van der Waals surface area contributed by atoms with Crippen LogP contribution < -0.4 is 5.32 Å². The van der Waals surface area contributed by atoms with Crippen LogP contribution in [0, 0.1) is 0 Å². The van der Waals surface area contributed by atoms with Gasteiger partial charge in [0.25, 0.3) is 0 Å². The van der Waals surface area contributed by atoms with Crippen molar-refractivity contribution in [2.24, 2.45) is 0 Å². The third-order valence-corrected chi connectivity index (χ3v) is 6.53. The van der Waals surface area contributed by atoms with E-state index in [0.29, 0.717) is 5.69 Å². The standard InChI is InChI=1S/C26H28N4O5/c1-16(23(31)32)29(4)24(33)26(2,3)30-14-17(13-27-30)28-25(34)35-15-22-20-11-7-5-9-18(20)19-10-6-8-12-21(19)22/h5-14,16,22H,15H2,1-4H3,(H,28,34)(H,31,32)/t16-/m0/s1. The van der Waals surface area contributed by atoms with Crippen molar-refractivity contribution < 1.29 is 24.2 Å². The van der Waals surface area contributed by atoms with Gasteiger partial charge in [0.2, 0.25) is 5.91 Å². The first kappa shape index (κ1) is 24.0. The largest absolute Gasteiger partial charge is 0.480 e. The number of amides is 2. The van der Waals surface area contributed by atoms with Gasteiger partial charge in [0.15, 0.2) is 0 Å².